The summed E-state index contributed by atoms with van der Waals surface area (Å²) in [5, 5.41) is 3.53. The van der Waals surface area contributed by atoms with E-state index in [2.05, 4.69) is 43.4 Å². The second-order valence-corrected chi connectivity index (χ2v) is 6.43. The minimum Gasteiger partial charge on any atom is -0.378 e. The average Bonchev–Trinajstić information content (AvgIpc) is 3.00. The standard InChI is InChI=1S/C19H31NO/c1-3-20-15-18(6-4-7-19-8-5-13-21-19)14-17-11-9-16(2)10-12-17/h9-12,18-20H,3-8,13-15H2,1-2H3. The van der Waals surface area contributed by atoms with Crippen LogP contribution in [0.4, 0.5) is 0 Å². The third kappa shape index (κ3) is 6.19. The Bertz CT molecular complexity index is 381. The van der Waals surface area contributed by atoms with Crippen LogP contribution in [0.25, 0.3) is 0 Å². The van der Waals surface area contributed by atoms with Gasteiger partial charge in [-0.1, -0.05) is 43.2 Å². The third-order valence-electron chi connectivity index (χ3n) is 4.49. The molecule has 0 amide bonds. The first-order chi connectivity index (χ1) is 10.3. The highest BCUT2D eigenvalue weighted by molar-refractivity contribution is 5.21. The van der Waals surface area contributed by atoms with Crippen LogP contribution in [0.2, 0.25) is 0 Å². The molecular formula is C19H31NO. The lowest BCUT2D eigenvalue weighted by Gasteiger charge is -2.18. The van der Waals surface area contributed by atoms with E-state index in [-0.39, 0.29) is 0 Å². The minimum absolute atomic E-state index is 0.546. The molecule has 1 N–H and O–H groups in total. The van der Waals surface area contributed by atoms with Crippen LogP contribution in [0.15, 0.2) is 24.3 Å². The Kier molecular flexibility index (Phi) is 7.25. The maximum atomic E-state index is 5.73. The van der Waals surface area contributed by atoms with E-state index in [1.165, 1.54) is 49.7 Å². The second kappa shape index (κ2) is 9.22. The van der Waals surface area contributed by atoms with Gasteiger partial charge < -0.3 is 10.1 Å². The van der Waals surface area contributed by atoms with Crippen LogP contribution >= 0.6 is 0 Å². The van der Waals surface area contributed by atoms with Crippen molar-refractivity contribution in [1.29, 1.82) is 0 Å². The van der Waals surface area contributed by atoms with Crippen molar-refractivity contribution in [1.82, 2.24) is 5.32 Å². The molecule has 0 aromatic heterocycles. The quantitative estimate of drug-likeness (QED) is 0.738. The fraction of sp³-hybridized carbons (Fsp3) is 0.684. The number of ether oxygens (including phenoxy) is 1. The van der Waals surface area contributed by atoms with Gasteiger partial charge in [-0.3, -0.25) is 0 Å². The van der Waals surface area contributed by atoms with Crippen LogP contribution in [-0.2, 0) is 11.2 Å². The molecule has 0 saturated carbocycles. The molecule has 0 spiro atoms. The van der Waals surface area contributed by atoms with Crippen molar-refractivity contribution >= 4 is 0 Å². The topological polar surface area (TPSA) is 21.3 Å². The molecule has 2 nitrogen and oxygen atoms in total. The summed E-state index contributed by atoms with van der Waals surface area (Å²) in [7, 11) is 0. The molecule has 1 aliphatic heterocycles. The molecule has 2 rings (SSSR count). The molecule has 1 saturated heterocycles. The van der Waals surface area contributed by atoms with Crippen LogP contribution < -0.4 is 5.32 Å². The molecule has 1 aliphatic rings. The Morgan fingerprint density at radius 2 is 2.10 bits per heavy atom. The predicted octanol–water partition coefficient (Wildman–Crippen LogP) is 4.11. The Hall–Kier alpha value is -0.860. The number of rotatable bonds is 9. The molecule has 1 aromatic carbocycles. The Morgan fingerprint density at radius 1 is 1.29 bits per heavy atom. The Balaban J connectivity index is 1.77. The minimum atomic E-state index is 0.546. The molecule has 2 heteroatoms. The highest BCUT2D eigenvalue weighted by atomic mass is 16.5. The van der Waals surface area contributed by atoms with E-state index < -0.39 is 0 Å². The number of nitrogens with one attached hydrogen (secondary N) is 1. The van der Waals surface area contributed by atoms with Crippen LogP contribution in [0.1, 0.15) is 50.2 Å². The van der Waals surface area contributed by atoms with E-state index in [4.69, 9.17) is 4.74 Å². The zero-order valence-electron chi connectivity index (χ0n) is 13.7. The van der Waals surface area contributed by atoms with Gasteiger partial charge in [-0.2, -0.15) is 0 Å². The fourth-order valence-corrected chi connectivity index (χ4v) is 3.19. The molecule has 0 radical (unpaired) electrons. The van der Waals surface area contributed by atoms with Gasteiger partial charge in [0.2, 0.25) is 0 Å². The maximum Gasteiger partial charge on any atom is 0.0576 e. The summed E-state index contributed by atoms with van der Waals surface area (Å²) in [4.78, 5) is 0. The molecule has 0 bridgehead atoms. The van der Waals surface area contributed by atoms with E-state index in [0.717, 1.165) is 25.6 Å². The smallest absolute Gasteiger partial charge is 0.0576 e. The number of hydrogen-bond donors (Lipinski definition) is 1. The van der Waals surface area contributed by atoms with Crippen LogP contribution in [-0.4, -0.2) is 25.8 Å². The molecule has 1 heterocycles. The lowest BCUT2D eigenvalue weighted by molar-refractivity contribution is 0.101. The maximum absolute atomic E-state index is 5.73. The SMILES string of the molecule is CCNCC(CCCC1CCCO1)Cc1ccc(C)cc1. The van der Waals surface area contributed by atoms with Crippen molar-refractivity contribution in [2.75, 3.05) is 19.7 Å². The summed E-state index contributed by atoms with van der Waals surface area (Å²) in [5.74, 6) is 0.744. The van der Waals surface area contributed by atoms with Crippen molar-refractivity contribution in [3.8, 4) is 0 Å². The normalized spacial score (nSPS) is 19.8. The van der Waals surface area contributed by atoms with Gasteiger partial charge >= 0.3 is 0 Å². The zero-order chi connectivity index (χ0) is 14.9. The van der Waals surface area contributed by atoms with Crippen LogP contribution in [0.3, 0.4) is 0 Å². The summed E-state index contributed by atoms with van der Waals surface area (Å²) < 4.78 is 5.73. The monoisotopic (exact) mass is 289 g/mol. The molecule has 0 aliphatic carbocycles. The number of hydrogen-bond acceptors (Lipinski definition) is 2. The van der Waals surface area contributed by atoms with Crippen molar-refractivity contribution in [3.63, 3.8) is 0 Å². The molecule has 2 atom stereocenters. The molecule has 1 aromatic rings. The van der Waals surface area contributed by atoms with Gasteiger partial charge in [-0.25, -0.2) is 0 Å². The van der Waals surface area contributed by atoms with Gasteiger partial charge in [-0.05, 0) is 63.6 Å². The first-order valence-electron chi connectivity index (χ1n) is 8.65. The highest BCUT2D eigenvalue weighted by Crippen LogP contribution is 2.21. The highest BCUT2D eigenvalue weighted by Gasteiger charge is 2.16. The van der Waals surface area contributed by atoms with Crippen molar-refractivity contribution in [2.24, 2.45) is 5.92 Å². The Morgan fingerprint density at radius 3 is 2.76 bits per heavy atom. The van der Waals surface area contributed by atoms with E-state index in [1.54, 1.807) is 0 Å². The fourth-order valence-electron chi connectivity index (χ4n) is 3.19. The lowest BCUT2D eigenvalue weighted by Crippen LogP contribution is -2.24. The summed E-state index contributed by atoms with van der Waals surface area (Å²) in [6.45, 7) is 7.53. The Labute approximate surface area is 130 Å². The van der Waals surface area contributed by atoms with Gasteiger partial charge in [0.15, 0.2) is 0 Å². The first kappa shape index (κ1) is 16.5. The lowest BCUT2D eigenvalue weighted by atomic mass is 9.92. The average molecular weight is 289 g/mol. The second-order valence-electron chi connectivity index (χ2n) is 6.43. The van der Waals surface area contributed by atoms with Crippen molar-refractivity contribution in [3.05, 3.63) is 35.4 Å². The van der Waals surface area contributed by atoms with Crippen LogP contribution in [0, 0.1) is 12.8 Å². The van der Waals surface area contributed by atoms with Gasteiger partial charge in [0, 0.05) is 6.61 Å². The summed E-state index contributed by atoms with van der Waals surface area (Å²) in [6, 6.07) is 9.03. The van der Waals surface area contributed by atoms with E-state index in [0.29, 0.717) is 6.10 Å². The van der Waals surface area contributed by atoms with Gasteiger partial charge in [0.25, 0.3) is 0 Å². The van der Waals surface area contributed by atoms with E-state index in [9.17, 15) is 0 Å². The van der Waals surface area contributed by atoms with Crippen molar-refractivity contribution < 1.29 is 4.74 Å². The van der Waals surface area contributed by atoms with Crippen LogP contribution in [0.5, 0.6) is 0 Å². The molecule has 2 unspecified atom stereocenters. The van der Waals surface area contributed by atoms with Crippen molar-refractivity contribution in [2.45, 2.75) is 58.5 Å². The first-order valence-corrected chi connectivity index (χ1v) is 8.65. The summed E-state index contributed by atoms with van der Waals surface area (Å²) in [6.07, 6.45) is 8.12. The van der Waals surface area contributed by atoms with Gasteiger partial charge in [0.1, 0.15) is 0 Å². The molecular weight excluding hydrogens is 258 g/mol. The predicted molar refractivity (Wildman–Crippen MR) is 89.7 cm³/mol. The zero-order valence-corrected chi connectivity index (χ0v) is 13.7. The van der Waals surface area contributed by atoms with Gasteiger partial charge in [0.05, 0.1) is 6.10 Å². The number of benzene rings is 1. The molecule has 1 fully saturated rings. The molecule has 118 valence electrons. The summed E-state index contributed by atoms with van der Waals surface area (Å²) >= 11 is 0. The third-order valence-corrected chi connectivity index (χ3v) is 4.49. The summed E-state index contributed by atoms with van der Waals surface area (Å²) in [5.41, 5.74) is 2.82. The van der Waals surface area contributed by atoms with E-state index in [1.807, 2.05) is 0 Å². The largest absolute Gasteiger partial charge is 0.378 e. The number of aryl methyl sites for hydroxylation is 1. The van der Waals surface area contributed by atoms with Gasteiger partial charge in [-0.15, -0.1) is 0 Å². The molecule has 21 heavy (non-hydrogen) atoms. The van der Waals surface area contributed by atoms with E-state index >= 15 is 0 Å².